The van der Waals surface area contributed by atoms with Crippen LogP contribution in [-0.2, 0) is 0 Å². The Morgan fingerprint density at radius 1 is 1.24 bits per heavy atom. The van der Waals surface area contributed by atoms with Gasteiger partial charge in [0.15, 0.2) is 0 Å². The average molecular weight is 231 g/mol. The van der Waals surface area contributed by atoms with Crippen LogP contribution in [0.1, 0.15) is 45.1 Å². The number of hydrogen-bond acceptors (Lipinski definition) is 1. The van der Waals surface area contributed by atoms with E-state index in [4.69, 9.17) is 0 Å². The van der Waals surface area contributed by atoms with E-state index in [0.29, 0.717) is 11.5 Å². The lowest BCUT2D eigenvalue weighted by Crippen LogP contribution is -2.32. The third-order valence-corrected chi connectivity index (χ3v) is 3.79. The average Bonchev–Trinajstić information content (AvgIpc) is 3.06. The molecule has 1 saturated carbocycles. The highest BCUT2D eigenvalue weighted by atomic mass is 14.9. The minimum absolute atomic E-state index is 0.414. The van der Waals surface area contributed by atoms with Gasteiger partial charge in [0, 0.05) is 6.04 Å². The molecule has 0 spiro atoms. The van der Waals surface area contributed by atoms with E-state index >= 15 is 0 Å². The summed E-state index contributed by atoms with van der Waals surface area (Å²) in [5, 5.41) is 3.52. The molecule has 0 bridgehead atoms. The first-order valence-corrected chi connectivity index (χ1v) is 6.73. The van der Waals surface area contributed by atoms with Crippen LogP contribution in [0.25, 0.3) is 0 Å². The van der Waals surface area contributed by atoms with Crippen molar-refractivity contribution in [2.24, 2.45) is 11.3 Å². The largest absolute Gasteiger partial charge is 0.317 e. The minimum Gasteiger partial charge on any atom is -0.317 e. The van der Waals surface area contributed by atoms with Gasteiger partial charge in [-0.05, 0) is 42.7 Å². The fourth-order valence-electron chi connectivity index (χ4n) is 2.87. The molecule has 1 nitrogen and oxygen atoms in total. The highest BCUT2D eigenvalue weighted by molar-refractivity contribution is 5.26. The van der Waals surface area contributed by atoms with Crippen LogP contribution in [0, 0.1) is 11.3 Å². The van der Waals surface area contributed by atoms with Crippen LogP contribution in [0.4, 0.5) is 0 Å². The Morgan fingerprint density at radius 2 is 1.88 bits per heavy atom. The van der Waals surface area contributed by atoms with E-state index in [1.165, 1.54) is 18.4 Å². The molecule has 1 aliphatic carbocycles. The fraction of sp³-hybridized carbons (Fsp3) is 0.625. The maximum absolute atomic E-state index is 3.52. The summed E-state index contributed by atoms with van der Waals surface area (Å²) >= 11 is 0. The van der Waals surface area contributed by atoms with Crippen LogP contribution in [-0.4, -0.2) is 13.1 Å². The second-order valence-corrected chi connectivity index (χ2v) is 6.58. The Kier molecular flexibility index (Phi) is 3.58. The summed E-state index contributed by atoms with van der Waals surface area (Å²) in [6.45, 7) is 6.99. The molecule has 3 atom stereocenters. The summed E-state index contributed by atoms with van der Waals surface area (Å²) in [5.41, 5.74) is 1.93. The lowest BCUT2D eigenvalue weighted by molar-refractivity contribution is 0.296. The number of rotatable bonds is 4. The molecule has 0 amide bonds. The summed E-state index contributed by atoms with van der Waals surface area (Å²) in [7, 11) is 2.11. The van der Waals surface area contributed by atoms with Crippen LogP contribution in [0.3, 0.4) is 0 Å². The Bertz CT molecular complexity index is 350. The molecule has 0 radical (unpaired) electrons. The third kappa shape index (κ3) is 3.32. The molecule has 1 aliphatic rings. The topological polar surface area (TPSA) is 12.0 Å². The van der Waals surface area contributed by atoms with E-state index in [-0.39, 0.29) is 0 Å². The molecule has 2 rings (SSSR count). The van der Waals surface area contributed by atoms with Gasteiger partial charge in [0.2, 0.25) is 0 Å². The Balaban J connectivity index is 1.97. The number of benzene rings is 1. The molecule has 17 heavy (non-hydrogen) atoms. The maximum atomic E-state index is 3.52. The first-order valence-electron chi connectivity index (χ1n) is 6.73. The van der Waals surface area contributed by atoms with Gasteiger partial charge >= 0.3 is 0 Å². The summed E-state index contributed by atoms with van der Waals surface area (Å²) in [4.78, 5) is 0. The van der Waals surface area contributed by atoms with Crippen molar-refractivity contribution in [1.29, 1.82) is 0 Å². The van der Waals surface area contributed by atoms with Crippen molar-refractivity contribution in [2.75, 3.05) is 7.05 Å². The maximum Gasteiger partial charge on any atom is 0.0103 e. The predicted octanol–water partition coefficient (Wildman–Crippen LogP) is 3.81. The SMILES string of the molecule is CNC(CC(C)(C)C)C1CC1c1ccccc1. The van der Waals surface area contributed by atoms with Crippen LogP contribution in [0.5, 0.6) is 0 Å². The molecule has 3 unspecified atom stereocenters. The first kappa shape index (κ1) is 12.6. The zero-order valence-electron chi connectivity index (χ0n) is 11.5. The molecule has 1 N–H and O–H groups in total. The third-order valence-electron chi connectivity index (χ3n) is 3.79. The standard InChI is InChI=1S/C16H25N/c1-16(2,3)11-15(17-4)14-10-13(14)12-8-6-5-7-9-12/h5-9,13-15,17H,10-11H2,1-4H3. The number of hydrogen-bond donors (Lipinski definition) is 1. The molecular formula is C16H25N. The van der Waals surface area contributed by atoms with E-state index in [0.717, 1.165) is 11.8 Å². The molecule has 1 heteroatoms. The van der Waals surface area contributed by atoms with Crippen molar-refractivity contribution in [3.05, 3.63) is 35.9 Å². The van der Waals surface area contributed by atoms with Gasteiger partial charge in [-0.2, -0.15) is 0 Å². The van der Waals surface area contributed by atoms with Crippen molar-refractivity contribution in [1.82, 2.24) is 5.32 Å². The van der Waals surface area contributed by atoms with Crippen molar-refractivity contribution in [2.45, 2.75) is 45.6 Å². The smallest absolute Gasteiger partial charge is 0.0103 e. The van der Waals surface area contributed by atoms with Gasteiger partial charge in [-0.1, -0.05) is 51.1 Å². The van der Waals surface area contributed by atoms with Crippen molar-refractivity contribution in [3.63, 3.8) is 0 Å². The number of nitrogens with one attached hydrogen (secondary N) is 1. The Hall–Kier alpha value is -0.820. The Morgan fingerprint density at radius 3 is 2.41 bits per heavy atom. The second-order valence-electron chi connectivity index (χ2n) is 6.58. The molecule has 1 aromatic rings. The monoisotopic (exact) mass is 231 g/mol. The van der Waals surface area contributed by atoms with E-state index < -0.39 is 0 Å². The summed E-state index contributed by atoms with van der Waals surface area (Å²) in [5.74, 6) is 1.62. The zero-order chi connectivity index (χ0) is 12.5. The van der Waals surface area contributed by atoms with Gasteiger partial charge in [0.25, 0.3) is 0 Å². The van der Waals surface area contributed by atoms with Crippen molar-refractivity contribution >= 4 is 0 Å². The Labute approximate surface area is 106 Å². The van der Waals surface area contributed by atoms with Gasteiger partial charge in [0.1, 0.15) is 0 Å². The highest BCUT2D eigenvalue weighted by Gasteiger charge is 2.43. The molecule has 0 saturated heterocycles. The molecule has 0 heterocycles. The molecule has 0 aromatic heterocycles. The van der Waals surface area contributed by atoms with Gasteiger partial charge in [-0.15, -0.1) is 0 Å². The lowest BCUT2D eigenvalue weighted by atomic mass is 9.85. The summed E-state index contributed by atoms with van der Waals surface area (Å²) in [6, 6.07) is 11.6. The van der Waals surface area contributed by atoms with Crippen LogP contribution in [0.15, 0.2) is 30.3 Å². The predicted molar refractivity (Wildman–Crippen MR) is 74.2 cm³/mol. The van der Waals surface area contributed by atoms with Gasteiger partial charge < -0.3 is 5.32 Å². The van der Waals surface area contributed by atoms with Crippen LogP contribution >= 0.6 is 0 Å². The molecular weight excluding hydrogens is 206 g/mol. The summed E-state index contributed by atoms with van der Waals surface area (Å²) in [6.07, 6.45) is 2.61. The van der Waals surface area contributed by atoms with E-state index in [2.05, 4.69) is 63.5 Å². The normalized spacial score (nSPS) is 25.6. The van der Waals surface area contributed by atoms with Gasteiger partial charge in [-0.25, -0.2) is 0 Å². The quantitative estimate of drug-likeness (QED) is 0.831. The van der Waals surface area contributed by atoms with Crippen LogP contribution in [0.2, 0.25) is 0 Å². The first-order chi connectivity index (χ1) is 8.01. The molecule has 1 fully saturated rings. The fourth-order valence-corrected chi connectivity index (χ4v) is 2.87. The van der Waals surface area contributed by atoms with Gasteiger partial charge in [0.05, 0.1) is 0 Å². The van der Waals surface area contributed by atoms with E-state index in [1.807, 2.05) is 0 Å². The zero-order valence-corrected chi connectivity index (χ0v) is 11.5. The second kappa shape index (κ2) is 4.81. The molecule has 94 valence electrons. The van der Waals surface area contributed by atoms with Crippen LogP contribution < -0.4 is 5.32 Å². The van der Waals surface area contributed by atoms with Crippen molar-refractivity contribution in [3.8, 4) is 0 Å². The minimum atomic E-state index is 0.414. The van der Waals surface area contributed by atoms with Crippen molar-refractivity contribution < 1.29 is 0 Å². The highest BCUT2D eigenvalue weighted by Crippen LogP contribution is 2.51. The molecule has 1 aromatic carbocycles. The van der Waals surface area contributed by atoms with E-state index in [1.54, 1.807) is 0 Å². The molecule has 0 aliphatic heterocycles. The summed E-state index contributed by atoms with van der Waals surface area (Å²) < 4.78 is 0. The van der Waals surface area contributed by atoms with E-state index in [9.17, 15) is 0 Å². The lowest BCUT2D eigenvalue weighted by Gasteiger charge is -2.26. The van der Waals surface area contributed by atoms with Gasteiger partial charge in [-0.3, -0.25) is 0 Å².